The Morgan fingerprint density at radius 1 is 1.29 bits per heavy atom. The zero-order chi connectivity index (χ0) is 10.2. The van der Waals surface area contributed by atoms with Gasteiger partial charge in [0.1, 0.15) is 5.84 Å². The highest BCUT2D eigenvalue weighted by atomic mass is 15.4. The highest BCUT2D eigenvalue weighted by molar-refractivity contribution is 5.78. The lowest BCUT2D eigenvalue weighted by Crippen LogP contribution is -2.35. The van der Waals surface area contributed by atoms with Gasteiger partial charge in [0.2, 0.25) is 0 Å². The first-order valence-corrected chi connectivity index (χ1v) is 4.86. The Bertz CT molecular complexity index is 280. The van der Waals surface area contributed by atoms with Crippen LogP contribution in [0.4, 0.5) is 0 Å². The number of hydrogen-bond donors (Lipinski definition) is 2. The van der Waals surface area contributed by atoms with E-state index in [0.717, 1.165) is 18.9 Å². The molecule has 0 bridgehead atoms. The predicted molar refractivity (Wildman–Crippen MR) is 60.1 cm³/mol. The summed E-state index contributed by atoms with van der Waals surface area (Å²) in [4.78, 5) is 4.20. The normalized spacial score (nSPS) is 11.4. The maximum Gasteiger partial charge on any atom is 0.107 e. The van der Waals surface area contributed by atoms with Crippen molar-refractivity contribution in [2.75, 3.05) is 6.54 Å². The first kappa shape index (κ1) is 10.7. The van der Waals surface area contributed by atoms with E-state index in [2.05, 4.69) is 28.0 Å². The fourth-order valence-corrected chi connectivity index (χ4v) is 1.15. The van der Waals surface area contributed by atoms with Crippen LogP contribution in [0.3, 0.4) is 0 Å². The van der Waals surface area contributed by atoms with Crippen LogP contribution in [-0.2, 0) is 6.54 Å². The van der Waals surface area contributed by atoms with Crippen LogP contribution in [0, 0.1) is 0 Å². The first-order valence-electron chi connectivity index (χ1n) is 4.86. The number of rotatable bonds is 4. The minimum Gasteiger partial charge on any atom is -0.310 e. The summed E-state index contributed by atoms with van der Waals surface area (Å²) in [5.41, 5.74) is 7.39. The Morgan fingerprint density at radius 2 is 2.00 bits per heavy atom. The van der Waals surface area contributed by atoms with Crippen molar-refractivity contribution in [3.05, 3.63) is 35.9 Å². The largest absolute Gasteiger partial charge is 0.310 e. The molecule has 0 radical (unpaired) electrons. The Labute approximate surface area is 85.2 Å². The van der Waals surface area contributed by atoms with Gasteiger partial charge >= 0.3 is 0 Å². The average Bonchev–Trinajstić information content (AvgIpc) is 2.20. The molecule has 0 saturated carbocycles. The summed E-state index contributed by atoms with van der Waals surface area (Å²) in [6.45, 7) is 5.58. The van der Waals surface area contributed by atoms with Crippen molar-refractivity contribution in [1.29, 1.82) is 0 Å². The molecule has 0 atom stereocenters. The standard InChI is InChI=1S/C11H17N3/c1-3-12-10(2)14-13-9-11-7-5-4-6-8-11/h4-8,13H,3,9H2,1-2H3,(H,12,14). The first-order chi connectivity index (χ1) is 6.83. The van der Waals surface area contributed by atoms with E-state index in [9.17, 15) is 0 Å². The molecular weight excluding hydrogens is 174 g/mol. The molecule has 1 aromatic rings. The summed E-state index contributed by atoms with van der Waals surface area (Å²) in [6.07, 6.45) is 0. The molecular formula is C11H17N3. The second-order valence-corrected chi connectivity index (χ2v) is 3.02. The molecule has 2 N–H and O–H groups in total. The molecule has 0 aromatic heterocycles. The van der Waals surface area contributed by atoms with Gasteiger partial charge in [0, 0.05) is 13.1 Å². The molecule has 0 amide bonds. The van der Waals surface area contributed by atoms with Crippen LogP contribution in [0.15, 0.2) is 35.3 Å². The van der Waals surface area contributed by atoms with E-state index in [-0.39, 0.29) is 0 Å². The summed E-state index contributed by atoms with van der Waals surface area (Å²) in [7, 11) is 0. The van der Waals surface area contributed by atoms with Crippen molar-refractivity contribution in [3.8, 4) is 0 Å². The number of aliphatic imine (C=N–C) groups is 1. The van der Waals surface area contributed by atoms with E-state index in [1.807, 2.05) is 32.0 Å². The molecule has 0 aliphatic heterocycles. The van der Waals surface area contributed by atoms with Crippen LogP contribution >= 0.6 is 0 Å². The lowest BCUT2D eigenvalue weighted by atomic mass is 10.2. The highest BCUT2D eigenvalue weighted by Crippen LogP contribution is 1.95. The Hall–Kier alpha value is -1.35. The fraction of sp³-hybridized carbons (Fsp3) is 0.364. The van der Waals surface area contributed by atoms with E-state index in [0.29, 0.717) is 0 Å². The van der Waals surface area contributed by atoms with Gasteiger partial charge in [-0.1, -0.05) is 30.3 Å². The molecule has 76 valence electrons. The molecule has 0 saturated heterocycles. The summed E-state index contributed by atoms with van der Waals surface area (Å²) in [5, 5.41) is 0. The van der Waals surface area contributed by atoms with Gasteiger partial charge in [-0.2, -0.15) is 0 Å². The van der Waals surface area contributed by atoms with Gasteiger partial charge in [-0.05, 0) is 19.4 Å². The second kappa shape index (κ2) is 6.16. The highest BCUT2D eigenvalue weighted by Gasteiger charge is 1.90. The van der Waals surface area contributed by atoms with Crippen molar-refractivity contribution in [2.24, 2.45) is 4.99 Å². The SMILES string of the molecule is CCN=C(C)NNCc1ccccc1. The predicted octanol–water partition coefficient (Wildman–Crippen LogP) is 1.72. The lowest BCUT2D eigenvalue weighted by Gasteiger charge is -2.07. The molecule has 0 unspecified atom stereocenters. The third-order valence-corrected chi connectivity index (χ3v) is 1.80. The fourth-order valence-electron chi connectivity index (χ4n) is 1.15. The Kier molecular flexibility index (Phi) is 4.72. The maximum absolute atomic E-state index is 4.20. The van der Waals surface area contributed by atoms with Crippen molar-refractivity contribution in [3.63, 3.8) is 0 Å². The third-order valence-electron chi connectivity index (χ3n) is 1.80. The van der Waals surface area contributed by atoms with Crippen LogP contribution in [0.25, 0.3) is 0 Å². The van der Waals surface area contributed by atoms with Gasteiger partial charge in [0.25, 0.3) is 0 Å². The minimum absolute atomic E-state index is 0.803. The Morgan fingerprint density at radius 3 is 2.64 bits per heavy atom. The molecule has 0 spiro atoms. The zero-order valence-electron chi connectivity index (χ0n) is 8.75. The molecule has 0 aliphatic rings. The number of nitrogens with one attached hydrogen (secondary N) is 2. The number of nitrogens with zero attached hydrogens (tertiary/aromatic N) is 1. The molecule has 3 heteroatoms. The van der Waals surface area contributed by atoms with Crippen LogP contribution in [0.1, 0.15) is 19.4 Å². The van der Waals surface area contributed by atoms with E-state index in [1.54, 1.807) is 0 Å². The van der Waals surface area contributed by atoms with Gasteiger partial charge in [-0.3, -0.25) is 4.99 Å². The van der Waals surface area contributed by atoms with E-state index in [1.165, 1.54) is 5.56 Å². The van der Waals surface area contributed by atoms with Gasteiger partial charge in [-0.15, -0.1) is 0 Å². The molecule has 0 heterocycles. The van der Waals surface area contributed by atoms with Crippen LogP contribution < -0.4 is 10.9 Å². The van der Waals surface area contributed by atoms with Gasteiger partial charge in [-0.25, -0.2) is 5.43 Å². The van der Waals surface area contributed by atoms with Crippen LogP contribution in [-0.4, -0.2) is 12.4 Å². The Balaban J connectivity index is 2.25. The molecule has 0 aliphatic carbocycles. The summed E-state index contributed by atoms with van der Waals surface area (Å²) in [5.74, 6) is 0.920. The zero-order valence-corrected chi connectivity index (χ0v) is 8.75. The number of hydrogen-bond acceptors (Lipinski definition) is 2. The molecule has 3 nitrogen and oxygen atoms in total. The smallest absolute Gasteiger partial charge is 0.107 e. The molecule has 14 heavy (non-hydrogen) atoms. The van der Waals surface area contributed by atoms with Crippen molar-refractivity contribution in [1.82, 2.24) is 10.9 Å². The van der Waals surface area contributed by atoms with Crippen LogP contribution in [0.2, 0.25) is 0 Å². The monoisotopic (exact) mass is 191 g/mol. The van der Waals surface area contributed by atoms with Crippen molar-refractivity contribution in [2.45, 2.75) is 20.4 Å². The molecule has 1 aromatic carbocycles. The van der Waals surface area contributed by atoms with Gasteiger partial charge in [0.15, 0.2) is 0 Å². The minimum atomic E-state index is 0.803. The third kappa shape index (κ3) is 4.05. The quantitative estimate of drug-likeness (QED) is 0.432. The van der Waals surface area contributed by atoms with E-state index in [4.69, 9.17) is 0 Å². The molecule has 1 rings (SSSR count). The average molecular weight is 191 g/mol. The number of amidine groups is 1. The van der Waals surface area contributed by atoms with Gasteiger partial charge < -0.3 is 5.43 Å². The van der Waals surface area contributed by atoms with Gasteiger partial charge in [0.05, 0.1) is 0 Å². The summed E-state index contributed by atoms with van der Waals surface area (Å²) < 4.78 is 0. The van der Waals surface area contributed by atoms with Crippen molar-refractivity contribution < 1.29 is 0 Å². The summed E-state index contributed by atoms with van der Waals surface area (Å²) >= 11 is 0. The molecule has 0 fully saturated rings. The lowest BCUT2D eigenvalue weighted by molar-refractivity contribution is 0.649. The number of benzene rings is 1. The summed E-state index contributed by atoms with van der Waals surface area (Å²) in [6, 6.07) is 10.2. The van der Waals surface area contributed by atoms with Crippen LogP contribution in [0.5, 0.6) is 0 Å². The van der Waals surface area contributed by atoms with E-state index < -0.39 is 0 Å². The maximum atomic E-state index is 4.20. The van der Waals surface area contributed by atoms with Crippen molar-refractivity contribution >= 4 is 5.84 Å². The van der Waals surface area contributed by atoms with E-state index >= 15 is 0 Å². The number of hydrazine groups is 1. The second-order valence-electron chi connectivity index (χ2n) is 3.02. The topological polar surface area (TPSA) is 36.4 Å².